The summed E-state index contributed by atoms with van der Waals surface area (Å²) < 4.78 is 34.4. The van der Waals surface area contributed by atoms with Gasteiger partial charge in [0.1, 0.15) is 12.0 Å². The molecule has 2 aromatic carbocycles. The summed E-state index contributed by atoms with van der Waals surface area (Å²) in [6, 6.07) is 15.2. The molecule has 4 nitrogen and oxygen atoms in total. The van der Waals surface area contributed by atoms with E-state index in [0.29, 0.717) is 32.1 Å². The maximum absolute atomic E-state index is 14.7. The molecule has 0 aromatic heterocycles. The fourth-order valence-corrected chi connectivity index (χ4v) is 4.53. The Morgan fingerprint density at radius 2 is 1.96 bits per heavy atom. The summed E-state index contributed by atoms with van der Waals surface area (Å²) in [5.41, 5.74) is 2.49. The number of aliphatic imine (C=N–C) groups is 1. The van der Waals surface area contributed by atoms with Gasteiger partial charge in [0.15, 0.2) is 5.60 Å². The topological polar surface area (TPSA) is 36.9 Å². The van der Waals surface area contributed by atoms with E-state index in [1.54, 1.807) is 12.1 Å². The standard InChI is InChI=1S/C22H23F2N3O/c23-17-7-5-16(6-8-17)20-18-4-2-1-3-15(18)10-12-27(20)21-26-14-22(28-21)13-25-11-9-19(22)24/h1-8,19-20,25H,9-14H2/t19?,20-,22?/m0/s1. The van der Waals surface area contributed by atoms with E-state index in [9.17, 15) is 8.78 Å². The van der Waals surface area contributed by atoms with E-state index in [2.05, 4.69) is 27.3 Å². The van der Waals surface area contributed by atoms with Gasteiger partial charge in [0.05, 0.1) is 12.6 Å². The van der Waals surface area contributed by atoms with Crippen LogP contribution in [-0.4, -0.2) is 48.9 Å². The SMILES string of the molecule is Fc1ccc([C@H]2c3ccccc3CCN2C2=NCC3(CNCCC3F)O2)cc1. The first-order valence-corrected chi connectivity index (χ1v) is 9.84. The Hall–Kier alpha value is -2.47. The Labute approximate surface area is 163 Å². The number of hydrogen-bond acceptors (Lipinski definition) is 4. The molecule has 1 fully saturated rings. The molecule has 1 spiro atoms. The van der Waals surface area contributed by atoms with E-state index in [4.69, 9.17) is 4.74 Å². The molecule has 3 aliphatic heterocycles. The number of ether oxygens (including phenoxy) is 1. The molecule has 0 saturated carbocycles. The number of benzene rings is 2. The smallest absolute Gasteiger partial charge is 0.289 e. The monoisotopic (exact) mass is 383 g/mol. The van der Waals surface area contributed by atoms with Crippen molar-refractivity contribution in [3.05, 3.63) is 71.0 Å². The van der Waals surface area contributed by atoms with Gasteiger partial charge in [0, 0.05) is 13.1 Å². The predicted molar refractivity (Wildman–Crippen MR) is 104 cm³/mol. The summed E-state index contributed by atoms with van der Waals surface area (Å²) >= 11 is 0. The van der Waals surface area contributed by atoms with Gasteiger partial charge in [-0.25, -0.2) is 13.8 Å². The zero-order chi connectivity index (χ0) is 19.1. The number of nitrogens with one attached hydrogen (secondary N) is 1. The first-order valence-electron chi connectivity index (χ1n) is 9.84. The second kappa shape index (κ2) is 6.85. The lowest BCUT2D eigenvalue weighted by atomic mass is 9.88. The van der Waals surface area contributed by atoms with Crippen molar-refractivity contribution in [2.24, 2.45) is 4.99 Å². The van der Waals surface area contributed by atoms with Crippen molar-refractivity contribution in [3.63, 3.8) is 0 Å². The van der Waals surface area contributed by atoms with Gasteiger partial charge in [0.2, 0.25) is 0 Å². The van der Waals surface area contributed by atoms with Crippen LogP contribution in [0.5, 0.6) is 0 Å². The summed E-state index contributed by atoms with van der Waals surface area (Å²) in [7, 11) is 0. The quantitative estimate of drug-likeness (QED) is 0.822. The molecule has 5 rings (SSSR count). The first-order chi connectivity index (χ1) is 13.7. The van der Waals surface area contributed by atoms with Crippen molar-refractivity contribution >= 4 is 6.02 Å². The van der Waals surface area contributed by atoms with Crippen molar-refractivity contribution in [3.8, 4) is 0 Å². The van der Waals surface area contributed by atoms with Crippen LogP contribution in [0.2, 0.25) is 0 Å². The van der Waals surface area contributed by atoms with Crippen LogP contribution in [0, 0.1) is 5.82 Å². The number of halogens is 2. The number of piperidine rings is 1. The van der Waals surface area contributed by atoms with E-state index in [1.165, 1.54) is 17.7 Å². The Morgan fingerprint density at radius 3 is 2.79 bits per heavy atom. The first kappa shape index (κ1) is 17.6. The predicted octanol–water partition coefficient (Wildman–Crippen LogP) is 3.23. The molecule has 146 valence electrons. The molecule has 6 heteroatoms. The van der Waals surface area contributed by atoms with Gasteiger partial charge in [0.25, 0.3) is 6.02 Å². The van der Waals surface area contributed by atoms with Crippen LogP contribution < -0.4 is 5.32 Å². The highest BCUT2D eigenvalue weighted by atomic mass is 19.1. The highest BCUT2D eigenvalue weighted by molar-refractivity contribution is 5.78. The van der Waals surface area contributed by atoms with Gasteiger partial charge in [-0.3, -0.25) is 0 Å². The molecular formula is C22H23F2N3O. The Balaban J connectivity index is 1.51. The van der Waals surface area contributed by atoms with Crippen molar-refractivity contribution < 1.29 is 13.5 Å². The van der Waals surface area contributed by atoms with Crippen molar-refractivity contribution in [2.75, 3.05) is 26.2 Å². The third-order valence-electron chi connectivity index (χ3n) is 6.06. The molecular weight excluding hydrogens is 360 g/mol. The van der Waals surface area contributed by atoms with Gasteiger partial charge in [-0.15, -0.1) is 0 Å². The van der Waals surface area contributed by atoms with Crippen LogP contribution >= 0.6 is 0 Å². The molecule has 0 aliphatic carbocycles. The van der Waals surface area contributed by atoms with Crippen LogP contribution in [0.25, 0.3) is 0 Å². The zero-order valence-electron chi connectivity index (χ0n) is 15.6. The number of hydrogen-bond donors (Lipinski definition) is 1. The molecule has 0 bridgehead atoms. The van der Waals surface area contributed by atoms with Gasteiger partial charge in [-0.05, 0) is 48.2 Å². The lowest BCUT2D eigenvalue weighted by molar-refractivity contribution is -0.0275. The lowest BCUT2D eigenvalue weighted by Crippen LogP contribution is -2.57. The largest absolute Gasteiger partial charge is 0.452 e. The van der Waals surface area contributed by atoms with E-state index >= 15 is 0 Å². The fourth-order valence-electron chi connectivity index (χ4n) is 4.53. The Kier molecular flexibility index (Phi) is 4.31. The van der Waals surface area contributed by atoms with Gasteiger partial charge in [-0.2, -0.15) is 0 Å². The Bertz CT molecular complexity index is 901. The van der Waals surface area contributed by atoms with Crippen LogP contribution in [0.15, 0.2) is 53.5 Å². The molecule has 3 aliphatic rings. The molecule has 3 atom stereocenters. The second-order valence-corrected chi connectivity index (χ2v) is 7.79. The molecule has 1 N–H and O–H groups in total. The highest BCUT2D eigenvalue weighted by Crippen LogP contribution is 2.38. The minimum atomic E-state index is -1.03. The summed E-state index contributed by atoms with van der Waals surface area (Å²) in [6.45, 7) is 2.17. The number of rotatable bonds is 1. The average Bonchev–Trinajstić information content (AvgIpc) is 3.15. The van der Waals surface area contributed by atoms with E-state index < -0.39 is 11.8 Å². The number of fused-ring (bicyclic) bond motifs is 1. The summed E-state index contributed by atoms with van der Waals surface area (Å²) in [5.74, 6) is -0.263. The Morgan fingerprint density at radius 1 is 1.14 bits per heavy atom. The fraction of sp³-hybridized carbons (Fsp3) is 0.409. The molecule has 0 radical (unpaired) electrons. The van der Waals surface area contributed by atoms with Gasteiger partial charge in [-0.1, -0.05) is 36.4 Å². The number of alkyl halides is 1. The van der Waals surface area contributed by atoms with Gasteiger partial charge >= 0.3 is 0 Å². The molecule has 2 aromatic rings. The summed E-state index contributed by atoms with van der Waals surface area (Å²) in [5, 5.41) is 3.24. The maximum atomic E-state index is 14.7. The van der Waals surface area contributed by atoms with Crippen molar-refractivity contribution in [1.29, 1.82) is 0 Å². The average molecular weight is 383 g/mol. The van der Waals surface area contributed by atoms with Crippen molar-refractivity contribution in [2.45, 2.75) is 30.7 Å². The summed E-state index contributed by atoms with van der Waals surface area (Å²) in [4.78, 5) is 6.72. The maximum Gasteiger partial charge on any atom is 0.289 e. The third kappa shape index (κ3) is 2.87. The molecule has 2 unspecified atom stereocenters. The van der Waals surface area contributed by atoms with E-state index in [1.807, 2.05) is 12.1 Å². The van der Waals surface area contributed by atoms with Crippen LogP contribution in [0.1, 0.15) is 29.2 Å². The number of amidine groups is 1. The van der Waals surface area contributed by atoms with Crippen LogP contribution in [0.3, 0.4) is 0 Å². The number of nitrogens with zero attached hydrogens (tertiary/aromatic N) is 2. The molecule has 0 amide bonds. The van der Waals surface area contributed by atoms with E-state index in [-0.39, 0.29) is 11.9 Å². The minimum absolute atomic E-state index is 0.130. The van der Waals surface area contributed by atoms with Crippen LogP contribution in [-0.2, 0) is 11.2 Å². The minimum Gasteiger partial charge on any atom is -0.452 e. The van der Waals surface area contributed by atoms with Crippen LogP contribution in [0.4, 0.5) is 8.78 Å². The summed E-state index contributed by atoms with van der Waals surface area (Å²) in [6.07, 6.45) is 0.268. The van der Waals surface area contributed by atoms with Gasteiger partial charge < -0.3 is 15.0 Å². The molecule has 1 saturated heterocycles. The van der Waals surface area contributed by atoms with Crippen molar-refractivity contribution in [1.82, 2.24) is 10.2 Å². The normalized spacial score (nSPS) is 29.4. The second-order valence-electron chi connectivity index (χ2n) is 7.79. The third-order valence-corrected chi connectivity index (χ3v) is 6.06. The molecule has 3 heterocycles. The lowest BCUT2D eigenvalue weighted by Gasteiger charge is -2.41. The zero-order valence-corrected chi connectivity index (χ0v) is 15.6. The molecule has 28 heavy (non-hydrogen) atoms. The highest BCUT2D eigenvalue weighted by Gasteiger charge is 2.49. The van der Waals surface area contributed by atoms with E-state index in [0.717, 1.165) is 24.1 Å².